The number of hydrogen-bond acceptors (Lipinski definition) is 4. The zero-order valence-electron chi connectivity index (χ0n) is 12.2. The molecule has 0 aliphatic carbocycles. The van der Waals surface area contributed by atoms with Crippen LogP contribution in [0.5, 0.6) is 0 Å². The highest BCUT2D eigenvalue weighted by atomic mass is 19.1. The summed E-state index contributed by atoms with van der Waals surface area (Å²) in [6, 6.07) is 5.32. The second-order valence-corrected chi connectivity index (χ2v) is 5.49. The molecule has 0 radical (unpaired) electrons. The largest absolute Gasteiger partial charge is 0.481 e. The first-order valence-corrected chi connectivity index (χ1v) is 6.61. The van der Waals surface area contributed by atoms with Gasteiger partial charge in [-0.25, -0.2) is 4.39 Å². The number of rotatable bonds is 3. The number of carbonyl (C=O) groups is 2. The monoisotopic (exact) mass is 295 g/mol. The lowest BCUT2D eigenvalue weighted by Crippen LogP contribution is -2.47. The standard InChI is InChI=1S/C15H18FNO4/c1-15(14(20)21-3)8-10(13(18)19)12(17(15)2)9-6-4-5-7-11(9)16/h4-7,10,12H,8H2,1-3H3,(H,18,19)/t10-,12-,15-/m0/s1. The van der Waals surface area contributed by atoms with Gasteiger partial charge in [-0.05, 0) is 26.5 Å². The van der Waals surface area contributed by atoms with E-state index in [4.69, 9.17) is 4.74 Å². The summed E-state index contributed by atoms with van der Waals surface area (Å²) >= 11 is 0. The second kappa shape index (κ2) is 5.44. The molecule has 1 heterocycles. The Morgan fingerprint density at radius 3 is 2.57 bits per heavy atom. The van der Waals surface area contributed by atoms with Gasteiger partial charge in [-0.2, -0.15) is 0 Å². The van der Waals surface area contributed by atoms with Gasteiger partial charge in [-0.15, -0.1) is 0 Å². The van der Waals surface area contributed by atoms with Gasteiger partial charge in [0.25, 0.3) is 0 Å². The predicted octanol–water partition coefficient (Wildman–Crippen LogP) is 1.83. The van der Waals surface area contributed by atoms with Crippen LogP contribution in [0.1, 0.15) is 24.9 Å². The van der Waals surface area contributed by atoms with Crippen molar-refractivity contribution >= 4 is 11.9 Å². The first-order valence-electron chi connectivity index (χ1n) is 6.61. The Kier molecular flexibility index (Phi) is 4.00. The SMILES string of the molecule is COC(=O)[C@]1(C)C[C@H](C(=O)O)[C@H](c2ccccc2F)N1C. The molecule has 1 aliphatic heterocycles. The number of nitrogens with zero attached hydrogens (tertiary/aromatic N) is 1. The minimum atomic E-state index is -1.09. The van der Waals surface area contributed by atoms with E-state index in [0.29, 0.717) is 0 Å². The maximum atomic E-state index is 14.1. The van der Waals surface area contributed by atoms with E-state index in [0.717, 1.165) is 0 Å². The van der Waals surface area contributed by atoms with Crippen LogP contribution in [0, 0.1) is 11.7 Å². The Labute approximate surface area is 122 Å². The molecule has 1 N–H and O–H groups in total. The Hall–Kier alpha value is -1.95. The predicted molar refractivity (Wildman–Crippen MR) is 73.1 cm³/mol. The summed E-state index contributed by atoms with van der Waals surface area (Å²) in [6.07, 6.45) is 0.0739. The number of carboxylic acids is 1. The molecule has 0 amide bonds. The molecule has 2 rings (SSSR count). The lowest BCUT2D eigenvalue weighted by Gasteiger charge is -2.33. The van der Waals surface area contributed by atoms with Gasteiger partial charge in [-0.1, -0.05) is 18.2 Å². The Morgan fingerprint density at radius 2 is 2.05 bits per heavy atom. The van der Waals surface area contributed by atoms with E-state index in [-0.39, 0.29) is 12.0 Å². The highest BCUT2D eigenvalue weighted by Crippen LogP contribution is 2.46. The molecule has 1 aliphatic rings. The Balaban J connectivity index is 2.50. The molecule has 1 saturated heterocycles. The van der Waals surface area contributed by atoms with E-state index in [1.54, 1.807) is 37.1 Å². The molecule has 1 aromatic carbocycles. The van der Waals surface area contributed by atoms with Gasteiger partial charge in [-0.3, -0.25) is 14.5 Å². The number of likely N-dealkylation sites (tertiary alicyclic amines) is 1. The summed E-state index contributed by atoms with van der Waals surface area (Å²) in [6.45, 7) is 1.62. The quantitative estimate of drug-likeness (QED) is 0.862. The number of carboxylic acid groups (broad SMARTS) is 1. The van der Waals surface area contributed by atoms with E-state index in [1.165, 1.54) is 13.2 Å². The zero-order chi connectivity index (χ0) is 15.8. The topological polar surface area (TPSA) is 66.8 Å². The maximum absolute atomic E-state index is 14.1. The first kappa shape index (κ1) is 15.4. The number of benzene rings is 1. The molecule has 0 spiro atoms. The van der Waals surface area contributed by atoms with Crippen LogP contribution >= 0.6 is 0 Å². The van der Waals surface area contributed by atoms with Crippen LogP contribution in [0.25, 0.3) is 0 Å². The lowest BCUT2D eigenvalue weighted by atomic mass is 9.90. The van der Waals surface area contributed by atoms with Crippen molar-refractivity contribution in [2.75, 3.05) is 14.2 Å². The minimum Gasteiger partial charge on any atom is -0.481 e. The third kappa shape index (κ3) is 2.40. The average molecular weight is 295 g/mol. The van der Waals surface area contributed by atoms with Crippen molar-refractivity contribution in [3.05, 3.63) is 35.6 Å². The molecule has 3 atom stereocenters. The van der Waals surface area contributed by atoms with Crippen molar-refractivity contribution in [2.45, 2.75) is 24.9 Å². The Bertz CT molecular complexity index is 577. The van der Waals surface area contributed by atoms with Crippen molar-refractivity contribution in [3.8, 4) is 0 Å². The van der Waals surface area contributed by atoms with Crippen LogP contribution in [-0.4, -0.2) is 41.6 Å². The fourth-order valence-corrected chi connectivity index (χ4v) is 3.07. The summed E-state index contributed by atoms with van der Waals surface area (Å²) in [4.78, 5) is 25.2. The van der Waals surface area contributed by atoms with Gasteiger partial charge in [0.1, 0.15) is 11.4 Å². The van der Waals surface area contributed by atoms with Gasteiger partial charge >= 0.3 is 11.9 Å². The number of ether oxygens (including phenoxy) is 1. The van der Waals surface area contributed by atoms with Crippen LogP contribution in [0.3, 0.4) is 0 Å². The molecule has 0 bridgehead atoms. The van der Waals surface area contributed by atoms with E-state index in [2.05, 4.69) is 0 Å². The first-order chi connectivity index (χ1) is 9.82. The number of hydrogen-bond donors (Lipinski definition) is 1. The fourth-order valence-electron chi connectivity index (χ4n) is 3.07. The number of methoxy groups -OCH3 is 1. The number of likely N-dealkylation sites (N-methyl/N-ethyl adjacent to an activating group) is 1. The van der Waals surface area contributed by atoms with Crippen molar-refractivity contribution in [3.63, 3.8) is 0 Å². The van der Waals surface area contributed by atoms with Crippen LogP contribution < -0.4 is 0 Å². The molecule has 1 fully saturated rings. The van der Waals surface area contributed by atoms with Gasteiger partial charge < -0.3 is 9.84 Å². The third-order valence-electron chi connectivity index (χ3n) is 4.36. The van der Waals surface area contributed by atoms with E-state index < -0.39 is 35.3 Å². The summed E-state index contributed by atoms with van der Waals surface area (Å²) < 4.78 is 18.8. The lowest BCUT2D eigenvalue weighted by molar-refractivity contribution is -0.152. The van der Waals surface area contributed by atoms with E-state index in [9.17, 15) is 19.1 Å². The average Bonchev–Trinajstić information content (AvgIpc) is 2.73. The minimum absolute atomic E-state index is 0.0739. The van der Waals surface area contributed by atoms with Crippen molar-refractivity contribution in [1.29, 1.82) is 0 Å². The molecule has 21 heavy (non-hydrogen) atoms. The molecule has 1 aromatic rings. The maximum Gasteiger partial charge on any atom is 0.326 e. The molecule has 0 saturated carbocycles. The molecular weight excluding hydrogens is 277 g/mol. The second-order valence-electron chi connectivity index (χ2n) is 5.49. The van der Waals surface area contributed by atoms with E-state index >= 15 is 0 Å². The van der Waals surface area contributed by atoms with E-state index in [1.807, 2.05) is 0 Å². The molecule has 114 valence electrons. The third-order valence-corrected chi connectivity index (χ3v) is 4.36. The normalized spacial score (nSPS) is 29.3. The fraction of sp³-hybridized carbons (Fsp3) is 0.467. The van der Waals surface area contributed by atoms with Crippen LogP contribution in [-0.2, 0) is 14.3 Å². The number of esters is 1. The zero-order valence-corrected chi connectivity index (χ0v) is 12.2. The van der Waals surface area contributed by atoms with Gasteiger partial charge in [0.05, 0.1) is 19.1 Å². The molecule has 6 heteroatoms. The van der Waals surface area contributed by atoms with Crippen molar-refractivity contribution in [1.82, 2.24) is 4.90 Å². The summed E-state index contributed by atoms with van der Waals surface area (Å²) in [7, 11) is 2.88. The molecule has 0 unspecified atom stereocenters. The van der Waals surface area contributed by atoms with Crippen molar-refractivity contribution < 1.29 is 23.8 Å². The van der Waals surface area contributed by atoms with Crippen LogP contribution in [0.15, 0.2) is 24.3 Å². The van der Waals surface area contributed by atoms with Gasteiger partial charge in [0, 0.05) is 5.56 Å². The number of halogens is 1. The highest BCUT2D eigenvalue weighted by molar-refractivity contribution is 5.83. The summed E-state index contributed by atoms with van der Waals surface area (Å²) in [5, 5.41) is 9.44. The van der Waals surface area contributed by atoms with Crippen LogP contribution in [0.4, 0.5) is 4.39 Å². The number of carbonyl (C=O) groups excluding carboxylic acids is 1. The van der Waals surface area contributed by atoms with Crippen LogP contribution in [0.2, 0.25) is 0 Å². The smallest absolute Gasteiger partial charge is 0.326 e. The Morgan fingerprint density at radius 1 is 1.43 bits per heavy atom. The van der Waals surface area contributed by atoms with Gasteiger partial charge in [0.2, 0.25) is 0 Å². The molecular formula is C15H18FNO4. The highest BCUT2D eigenvalue weighted by Gasteiger charge is 2.55. The molecule has 5 nitrogen and oxygen atoms in total. The number of aliphatic carboxylic acids is 1. The summed E-state index contributed by atoms with van der Waals surface area (Å²) in [5.74, 6) is -2.93. The molecule has 0 aromatic heterocycles. The van der Waals surface area contributed by atoms with Crippen molar-refractivity contribution in [2.24, 2.45) is 5.92 Å². The summed E-state index contributed by atoms with van der Waals surface area (Å²) in [5.41, 5.74) is -0.815. The van der Waals surface area contributed by atoms with Gasteiger partial charge in [0.15, 0.2) is 0 Å².